The summed E-state index contributed by atoms with van der Waals surface area (Å²) in [5.74, 6) is -17.8. The molecule has 1 saturated heterocycles. The lowest BCUT2D eigenvalue weighted by atomic mass is 9.44. The fourth-order valence-corrected chi connectivity index (χ4v) is 18.3. The molecule has 6 aromatic rings. The Morgan fingerprint density at radius 3 is 1.90 bits per heavy atom. The first-order chi connectivity index (χ1) is 62.2. The van der Waals surface area contributed by atoms with Crippen molar-refractivity contribution >= 4 is 146 Å². The molecular weight excluding hydrogens is 1760 g/mol. The van der Waals surface area contributed by atoms with Crippen LogP contribution in [0.5, 0.6) is 0 Å². The third kappa shape index (κ3) is 23.8. The zero-order valence-corrected chi connectivity index (χ0v) is 73.1. The van der Waals surface area contributed by atoms with E-state index in [1.54, 1.807) is 54.6 Å². The van der Waals surface area contributed by atoms with E-state index in [0.717, 1.165) is 35.4 Å². The maximum atomic E-state index is 16.6. The van der Waals surface area contributed by atoms with E-state index in [2.05, 4.69) is 62.5 Å². The quantitative estimate of drug-likeness (QED) is 0.00378. The molecule has 0 spiro atoms. The number of esters is 4. The lowest BCUT2D eigenvalue weighted by Crippen LogP contribution is -2.82. The summed E-state index contributed by atoms with van der Waals surface area (Å²) in [7, 11) is 1.74. The van der Waals surface area contributed by atoms with Crippen LogP contribution in [0, 0.1) is 22.2 Å². The van der Waals surface area contributed by atoms with E-state index in [4.69, 9.17) is 50.0 Å². The number of aromatic nitrogens is 4. The molecule has 43 nitrogen and oxygen atoms in total. The predicted molar refractivity (Wildman–Crippen MR) is 463 cm³/mol. The van der Waals surface area contributed by atoms with Gasteiger partial charge in [0.2, 0.25) is 29.6 Å². The molecule has 16 atom stereocenters. The standard InChI is InChI=1S/C86H99N15O28S2/c1-43-57(126-79(120)64(107)62(46-17-10-7-11-18-46)99-71(110)47-19-12-8-13-20-47)38-86(122)68(128-78(119)49-21-14-9-15-22-49)66-84(6,67(108)65(125-44(2)104)61(43)83(86,4)5)58(37-59-85(66,42-124-59)129-45(3)105)127-82(121)123-35-36-130-131-41-56(77(117)118)98-74(113)54(31-34-103)96-72(111)52(23-16-32-90-80(87)88)95-73(112)53(30-33-102)94-60(106)29-28-55(76(115)116)97-70(109)48-24-26-50(27-25-48)91-39-51-40-92-69-63(93-51)75(114)101-81(89)100-69/h7-15,17-22,24-27,33-34,40,52-59,62,64-66,68,91,107,122H,16,23,28-32,35-39,41-42H2,1-6H3,(H,94,106)(H,95,112)(H,96,111)(H,97,109)(H,98,113)(H,99,110)(H,115,116)(H,117,118)(H4,87,88,90)(H3,89,92,100,101,114)/t52-,53-,54-,55-,56-,57-,58-,59+,62-,64+,65+,66?,68-,84+,85-,86+/m0/s1. The van der Waals surface area contributed by atoms with Crippen LogP contribution < -0.4 is 59.6 Å². The van der Waals surface area contributed by atoms with Crippen LogP contribution in [-0.2, 0) is 97.2 Å². The molecule has 0 radical (unpaired) electrons. The normalized spacial score (nSPS) is 22.0. The molecule has 3 fully saturated rings. The Balaban J connectivity index is 0.787. The molecule has 10 rings (SSSR count). The van der Waals surface area contributed by atoms with Gasteiger partial charge in [0.05, 0.1) is 48.0 Å². The van der Waals surface area contributed by atoms with Gasteiger partial charge >= 0.3 is 42.0 Å². The number of hydrogen-bond donors (Lipinski definition) is 16. The molecule has 3 aliphatic carbocycles. The summed E-state index contributed by atoms with van der Waals surface area (Å²) in [6.45, 7) is 6.60. The number of carbonyl (C=O) groups is 16. The minimum Gasteiger partial charge on any atom is -0.480 e. The van der Waals surface area contributed by atoms with Crippen molar-refractivity contribution < 1.29 is 130 Å². The number of H-pyrrole nitrogens is 1. The number of ether oxygens (including phenoxy) is 7. The second-order valence-corrected chi connectivity index (χ2v) is 34.5. The Morgan fingerprint density at radius 1 is 0.702 bits per heavy atom. The lowest BCUT2D eigenvalue weighted by Gasteiger charge is -2.67. The first-order valence-corrected chi connectivity index (χ1v) is 43.6. The van der Waals surface area contributed by atoms with Gasteiger partial charge in [-0.15, -0.1) is 0 Å². The maximum absolute atomic E-state index is 16.6. The van der Waals surface area contributed by atoms with E-state index < -0.39 is 253 Å². The van der Waals surface area contributed by atoms with Crippen molar-refractivity contribution in [2.75, 3.05) is 42.3 Å². The number of carbonyl (C=O) groups excluding carboxylic acids is 14. The SMILES string of the molecule is CC(=O)O[C@H]1C(=O)[C@@]2(C)C([C@H](OC(=O)c3ccccc3)[C@]3(O)C[C@H](OC(=O)[C@H](O)[C@@H](NC(=O)c4ccccc4)c4ccccc4)C(C)=C1C3(C)C)[C@]1(OC(C)=O)CO[C@@H]1C[C@@H]2OC(=O)OCCSSC[C@H](NC(=O)[C@H](CC=O)NC(=O)[C@H](CCCNC(=N)N)NC(=O)[C@H](CC=O)NC(=O)CC[C@H](NC(=O)c1ccc(NCc2cnc3nc(N)[nH]c(=O)c3n2)cc1)C(=O)O)C(=O)O. The molecular formula is C86H99N15O28S2. The van der Waals surface area contributed by atoms with Gasteiger partial charge < -0.3 is 117 Å². The monoisotopic (exact) mass is 1850 g/mol. The van der Waals surface area contributed by atoms with Crippen LogP contribution in [0.25, 0.3) is 11.2 Å². The molecule has 4 aliphatic rings. The molecule has 131 heavy (non-hydrogen) atoms. The van der Waals surface area contributed by atoms with Crippen LogP contribution in [0.2, 0.25) is 0 Å². The molecule has 1 unspecified atom stereocenters. The zero-order chi connectivity index (χ0) is 95.4. The van der Waals surface area contributed by atoms with Gasteiger partial charge in [0.25, 0.3) is 17.4 Å². The Bertz CT molecular complexity index is 5410. The van der Waals surface area contributed by atoms with Gasteiger partial charge in [0.15, 0.2) is 40.7 Å². The first kappa shape index (κ1) is 99.4. The molecule has 3 heterocycles. The molecule has 45 heteroatoms. The average molecular weight is 1850 g/mol. The molecule has 698 valence electrons. The number of fused-ring (bicyclic) bond motifs is 6. The highest BCUT2D eigenvalue weighted by Gasteiger charge is 2.79. The minimum absolute atomic E-state index is 0.000893. The summed E-state index contributed by atoms with van der Waals surface area (Å²) < 4.78 is 42.8. The molecule has 6 amide bonds. The van der Waals surface area contributed by atoms with Crippen molar-refractivity contribution in [3.8, 4) is 0 Å². The number of nitrogen functional groups attached to an aromatic ring is 1. The highest BCUT2D eigenvalue weighted by Crippen LogP contribution is 2.65. The van der Waals surface area contributed by atoms with E-state index in [1.165, 1.54) is 94.6 Å². The predicted octanol–water partition coefficient (Wildman–Crippen LogP) is 1.63. The number of carboxylic acids is 2. The van der Waals surface area contributed by atoms with Gasteiger partial charge in [0, 0.05) is 86.2 Å². The number of ketones is 1. The van der Waals surface area contributed by atoms with Crippen molar-refractivity contribution in [1.29, 1.82) is 5.41 Å². The number of aldehydes is 2. The number of Topliss-reactive ketones (excluding diaryl/α,β-unsaturated/α-hetero) is 1. The van der Waals surface area contributed by atoms with Crippen molar-refractivity contribution in [2.24, 2.45) is 22.5 Å². The summed E-state index contributed by atoms with van der Waals surface area (Å²) in [5, 5.41) is 74.1. The smallest absolute Gasteiger partial charge is 0.480 e. The van der Waals surface area contributed by atoms with Gasteiger partial charge in [-0.25, -0.2) is 33.9 Å². The average Bonchev–Trinajstić information content (AvgIpc) is 0.665. The van der Waals surface area contributed by atoms with Crippen LogP contribution in [0.1, 0.15) is 141 Å². The number of nitrogens with two attached hydrogens (primary N) is 2. The molecule has 18 N–H and O–H groups in total. The third-order valence-corrected chi connectivity index (χ3v) is 25.3. The first-order valence-electron chi connectivity index (χ1n) is 41.1. The number of guanidine groups is 1. The summed E-state index contributed by atoms with van der Waals surface area (Å²) in [4.78, 5) is 246. The number of hydrogen-bond acceptors (Lipinski definition) is 34. The van der Waals surface area contributed by atoms with Gasteiger partial charge in [0.1, 0.15) is 79.4 Å². The molecule has 2 aromatic heterocycles. The fourth-order valence-electron chi connectivity index (χ4n) is 16.3. The Kier molecular flexibility index (Phi) is 33.4. The van der Waals surface area contributed by atoms with Crippen LogP contribution in [-0.4, -0.2) is 251 Å². The molecule has 2 bridgehead atoms. The summed E-state index contributed by atoms with van der Waals surface area (Å²) in [6.07, 6.45) is -15.1. The van der Waals surface area contributed by atoms with Crippen LogP contribution in [0.3, 0.4) is 0 Å². The highest BCUT2D eigenvalue weighted by molar-refractivity contribution is 8.76. The number of nitrogens with one attached hydrogen (secondary N) is 10. The number of carboxylic acid groups (broad SMARTS) is 2. The van der Waals surface area contributed by atoms with Gasteiger partial charge in [-0.2, -0.15) is 4.98 Å². The highest BCUT2D eigenvalue weighted by atomic mass is 33.1. The number of aromatic amines is 1. The van der Waals surface area contributed by atoms with Crippen molar-refractivity contribution in [2.45, 2.75) is 184 Å². The lowest BCUT2D eigenvalue weighted by molar-refractivity contribution is -0.346. The summed E-state index contributed by atoms with van der Waals surface area (Å²) in [6, 6.07) is 18.9. The Morgan fingerprint density at radius 2 is 1.30 bits per heavy atom. The Hall–Kier alpha value is -13.8. The van der Waals surface area contributed by atoms with E-state index in [-0.39, 0.29) is 94.8 Å². The van der Waals surface area contributed by atoms with Crippen LogP contribution >= 0.6 is 21.6 Å². The van der Waals surface area contributed by atoms with Crippen molar-refractivity contribution in [1.82, 2.24) is 57.2 Å². The van der Waals surface area contributed by atoms with E-state index >= 15 is 4.79 Å². The van der Waals surface area contributed by atoms with Gasteiger partial charge in [-0.05, 0) is 98.4 Å². The zero-order valence-electron chi connectivity index (χ0n) is 71.5. The van der Waals surface area contributed by atoms with Crippen molar-refractivity contribution in [3.05, 3.63) is 171 Å². The minimum atomic E-state index is -2.67. The maximum Gasteiger partial charge on any atom is 0.508 e. The Labute approximate surface area is 754 Å². The number of benzene rings is 4. The number of amides is 6. The second-order valence-electron chi connectivity index (χ2n) is 31.9. The number of nitrogens with zero attached hydrogens (tertiary/aromatic N) is 3. The fraction of sp³-hybridized carbons (Fsp3) is 0.430. The van der Waals surface area contributed by atoms with E-state index in [1.807, 2.05) is 0 Å². The second kappa shape index (κ2) is 44.0. The van der Waals surface area contributed by atoms with E-state index in [0.29, 0.717) is 11.4 Å². The van der Waals surface area contributed by atoms with Gasteiger partial charge in [-0.1, -0.05) is 102 Å². The van der Waals surface area contributed by atoms with Gasteiger partial charge in [-0.3, -0.25) is 58.3 Å². The topological polar surface area (TPSA) is 662 Å². The number of anilines is 2. The van der Waals surface area contributed by atoms with E-state index in [9.17, 15) is 97.1 Å². The molecule has 4 aromatic carbocycles. The number of rotatable bonds is 42. The number of aliphatic hydroxyl groups excluding tert-OH is 1. The molecule has 1 aliphatic heterocycles. The summed E-state index contributed by atoms with van der Waals surface area (Å²) in [5.41, 5.74) is 2.33. The summed E-state index contributed by atoms with van der Waals surface area (Å²) >= 11 is 0. The number of aliphatic carboxylic acids is 2. The third-order valence-electron chi connectivity index (χ3n) is 22.9. The van der Waals surface area contributed by atoms with Crippen LogP contribution in [0.15, 0.2) is 137 Å². The number of aliphatic hydroxyl groups is 2. The van der Waals surface area contributed by atoms with Crippen LogP contribution in [0.4, 0.5) is 16.4 Å². The molecule has 2 saturated carbocycles. The van der Waals surface area contributed by atoms with Crippen molar-refractivity contribution in [3.63, 3.8) is 0 Å². The largest absolute Gasteiger partial charge is 0.508 e.